The molecule has 0 aromatic heterocycles. The maximum atomic E-state index is 11.4. The SMILES string of the molecule is CCOc1cccc(NC(C)C(C)N2CCOCC2)c1[N+](=O)[O-]. The first kappa shape index (κ1) is 17.5. The van der Waals surface area contributed by atoms with E-state index >= 15 is 0 Å². The zero-order chi connectivity index (χ0) is 16.8. The number of anilines is 1. The molecule has 1 aliphatic rings. The number of nitro benzene ring substituents is 1. The molecule has 2 unspecified atom stereocenters. The Balaban J connectivity index is 2.14. The first-order valence-corrected chi connectivity index (χ1v) is 8.03. The number of nitrogens with zero attached hydrogens (tertiary/aromatic N) is 2. The molecule has 0 saturated carbocycles. The average Bonchev–Trinajstić information content (AvgIpc) is 2.55. The number of para-hydroxylation sites is 1. The van der Waals surface area contributed by atoms with Crippen LogP contribution in [-0.2, 0) is 4.74 Å². The molecule has 0 bridgehead atoms. The molecule has 2 atom stereocenters. The lowest BCUT2D eigenvalue weighted by atomic mass is 10.1. The number of rotatable bonds is 7. The summed E-state index contributed by atoms with van der Waals surface area (Å²) in [6.45, 7) is 9.60. The number of nitrogens with one attached hydrogen (secondary N) is 1. The Morgan fingerprint density at radius 2 is 2.09 bits per heavy atom. The van der Waals surface area contributed by atoms with Crippen LogP contribution in [0.1, 0.15) is 20.8 Å². The Kier molecular flexibility index (Phi) is 6.18. The fraction of sp³-hybridized carbons (Fsp3) is 0.625. The molecule has 1 heterocycles. The predicted molar refractivity (Wildman–Crippen MR) is 89.2 cm³/mol. The van der Waals surface area contributed by atoms with E-state index in [1.54, 1.807) is 18.2 Å². The van der Waals surface area contributed by atoms with Crippen LogP contribution in [0.15, 0.2) is 18.2 Å². The van der Waals surface area contributed by atoms with Crippen LogP contribution < -0.4 is 10.1 Å². The third kappa shape index (κ3) is 4.33. The van der Waals surface area contributed by atoms with Crippen LogP contribution in [0.2, 0.25) is 0 Å². The molecule has 1 aliphatic heterocycles. The van der Waals surface area contributed by atoms with E-state index in [9.17, 15) is 10.1 Å². The van der Waals surface area contributed by atoms with Gasteiger partial charge in [0.05, 0.1) is 24.7 Å². The Bertz CT molecular complexity index is 532. The molecule has 1 aromatic rings. The number of ether oxygens (including phenoxy) is 2. The summed E-state index contributed by atoms with van der Waals surface area (Å²) in [5.41, 5.74) is 0.490. The second kappa shape index (κ2) is 8.12. The van der Waals surface area contributed by atoms with E-state index in [0.717, 1.165) is 26.3 Å². The molecule has 7 nitrogen and oxygen atoms in total. The van der Waals surface area contributed by atoms with Crippen LogP contribution in [0.4, 0.5) is 11.4 Å². The van der Waals surface area contributed by atoms with Gasteiger partial charge in [-0.1, -0.05) is 6.07 Å². The zero-order valence-corrected chi connectivity index (χ0v) is 13.9. The highest BCUT2D eigenvalue weighted by Crippen LogP contribution is 2.35. The Hall–Kier alpha value is -1.86. The van der Waals surface area contributed by atoms with Crippen molar-refractivity contribution >= 4 is 11.4 Å². The van der Waals surface area contributed by atoms with Crippen LogP contribution >= 0.6 is 0 Å². The molecule has 128 valence electrons. The van der Waals surface area contributed by atoms with Gasteiger partial charge >= 0.3 is 5.69 Å². The van der Waals surface area contributed by atoms with Crippen LogP contribution in [0.3, 0.4) is 0 Å². The molecule has 23 heavy (non-hydrogen) atoms. The van der Waals surface area contributed by atoms with Crippen molar-refractivity contribution in [1.29, 1.82) is 0 Å². The van der Waals surface area contributed by atoms with Gasteiger partial charge in [0.25, 0.3) is 0 Å². The summed E-state index contributed by atoms with van der Waals surface area (Å²) >= 11 is 0. The van der Waals surface area contributed by atoms with Crippen molar-refractivity contribution in [1.82, 2.24) is 4.90 Å². The lowest BCUT2D eigenvalue weighted by molar-refractivity contribution is -0.385. The molecular weight excluding hydrogens is 298 g/mol. The summed E-state index contributed by atoms with van der Waals surface area (Å²) < 4.78 is 10.8. The molecule has 0 spiro atoms. The van der Waals surface area contributed by atoms with Crippen LogP contribution in [0, 0.1) is 10.1 Å². The van der Waals surface area contributed by atoms with Crippen molar-refractivity contribution in [3.63, 3.8) is 0 Å². The second-order valence-corrected chi connectivity index (χ2v) is 5.66. The number of hydrogen-bond acceptors (Lipinski definition) is 6. The average molecular weight is 323 g/mol. The normalized spacial score (nSPS) is 18.2. The molecule has 0 radical (unpaired) electrons. The summed E-state index contributed by atoms with van der Waals surface area (Å²) in [5.74, 6) is 0.300. The van der Waals surface area contributed by atoms with Crippen molar-refractivity contribution in [2.24, 2.45) is 0 Å². The van der Waals surface area contributed by atoms with Gasteiger partial charge in [-0.05, 0) is 32.9 Å². The minimum absolute atomic E-state index is 0.00428. The lowest BCUT2D eigenvalue weighted by Gasteiger charge is -2.36. The van der Waals surface area contributed by atoms with E-state index in [0.29, 0.717) is 18.0 Å². The molecule has 1 saturated heterocycles. The molecular formula is C16H25N3O4. The van der Waals surface area contributed by atoms with E-state index < -0.39 is 0 Å². The van der Waals surface area contributed by atoms with E-state index in [1.807, 2.05) is 13.8 Å². The van der Waals surface area contributed by atoms with E-state index in [2.05, 4.69) is 17.1 Å². The fourth-order valence-electron chi connectivity index (χ4n) is 2.77. The molecule has 7 heteroatoms. The number of benzene rings is 1. The standard InChI is InChI=1S/C16H25N3O4/c1-4-23-15-7-5-6-14(16(15)19(20)21)17-12(2)13(3)18-8-10-22-11-9-18/h5-7,12-13,17H,4,8-11H2,1-3H3. The summed E-state index contributed by atoms with van der Waals surface area (Å²) in [6.07, 6.45) is 0. The zero-order valence-electron chi connectivity index (χ0n) is 13.9. The minimum atomic E-state index is -0.389. The van der Waals surface area contributed by atoms with Gasteiger partial charge in [-0.25, -0.2) is 0 Å². The van der Waals surface area contributed by atoms with Gasteiger partial charge in [-0.2, -0.15) is 0 Å². The van der Waals surface area contributed by atoms with Crippen molar-refractivity contribution in [3.05, 3.63) is 28.3 Å². The number of hydrogen-bond donors (Lipinski definition) is 1. The molecule has 0 amide bonds. The van der Waals surface area contributed by atoms with Gasteiger partial charge in [0, 0.05) is 25.2 Å². The monoisotopic (exact) mass is 323 g/mol. The molecule has 1 fully saturated rings. The number of nitro groups is 1. The molecule has 2 rings (SSSR count). The smallest absolute Gasteiger partial charge is 0.333 e. The van der Waals surface area contributed by atoms with Crippen LogP contribution in [0.5, 0.6) is 5.75 Å². The summed E-state index contributed by atoms with van der Waals surface area (Å²) in [7, 11) is 0. The van der Waals surface area contributed by atoms with Gasteiger partial charge in [0.15, 0.2) is 5.75 Å². The van der Waals surface area contributed by atoms with Gasteiger partial charge in [-0.3, -0.25) is 15.0 Å². The van der Waals surface area contributed by atoms with Crippen LogP contribution in [0.25, 0.3) is 0 Å². The highest BCUT2D eigenvalue weighted by molar-refractivity contribution is 5.68. The second-order valence-electron chi connectivity index (χ2n) is 5.66. The summed E-state index contributed by atoms with van der Waals surface area (Å²) in [5, 5.41) is 14.7. The quantitative estimate of drug-likeness (QED) is 0.614. The number of morpholine rings is 1. The van der Waals surface area contributed by atoms with E-state index in [1.165, 1.54) is 0 Å². The topological polar surface area (TPSA) is 76.9 Å². The Labute approximate surface area is 136 Å². The third-order valence-electron chi connectivity index (χ3n) is 4.21. The molecule has 0 aliphatic carbocycles. The summed E-state index contributed by atoms with van der Waals surface area (Å²) in [4.78, 5) is 13.4. The fourth-order valence-corrected chi connectivity index (χ4v) is 2.77. The largest absolute Gasteiger partial charge is 0.487 e. The van der Waals surface area contributed by atoms with Crippen molar-refractivity contribution in [3.8, 4) is 5.75 Å². The highest BCUT2D eigenvalue weighted by atomic mass is 16.6. The van der Waals surface area contributed by atoms with Gasteiger partial charge in [0.1, 0.15) is 5.69 Å². The highest BCUT2D eigenvalue weighted by Gasteiger charge is 2.26. The third-order valence-corrected chi connectivity index (χ3v) is 4.21. The van der Waals surface area contributed by atoms with E-state index in [4.69, 9.17) is 9.47 Å². The Morgan fingerprint density at radius 3 is 2.70 bits per heavy atom. The lowest BCUT2D eigenvalue weighted by Crippen LogP contribution is -2.48. The first-order chi connectivity index (χ1) is 11.0. The maximum absolute atomic E-state index is 11.4. The predicted octanol–water partition coefficient (Wildman–Crippen LogP) is 2.51. The van der Waals surface area contributed by atoms with Gasteiger partial charge in [0.2, 0.25) is 0 Å². The van der Waals surface area contributed by atoms with Crippen molar-refractivity contribution < 1.29 is 14.4 Å². The van der Waals surface area contributed by atoms with E-state index in [-0.39, 0.29) is 22.7 Å². The van der Waals surface area contributed by atoms with Gasteiger partial charge < -0.3 is 14.8 Å². The van der Waals surface area contributed by atoms with Gasteiger partial charge in [-0.15, -0.1) is 0 Å². The molecule has 1 aromatic carbocycles. The molecule has 1 N–H and O–H groups in total. The Morgan fingerprint density at radius 1 is 1.39 bits per heavy atom. The first-order valence-electron chi connectivity index (χ1n) is 8.03. The summed E-state index contributed by atoms with van der Waals surface area (Å²) in [6, 6.07) is 5.43. The van der Waals surface area contributed by atoms with Crippen LogP contribution in [-0.4, -0.2) is 54.8 Å². The maximum Gasteiger partial charge on any atom is 0.333 e. The van der Waals surface area contributed by atoms with Crippen molar-refractivity contribution in [2.75, 3.05) is 38.2 Å². The van der Waals surface area contributed by atoms with Crippen molar-refractivity contribution in [2.45, 2.75) is 32.9 Å². The minimum Gasteiger partial charge on any atom is -0.487 e.